The highest BCUT2D eigenvalue weighted by molar-refractivity contribution is 5.83. The van der Waals surface area contributed by atoms with Gasteiger partial charge in [-0.1, -0.05) is 50.2 Å². The van der Waals surface area contributed by atoms with E-state index in [-0.39, 0.29) is 6.04 Å². The smallest absolute Gasteiger partial charge is 0.0424 e. The first-order valence-electron chi connectivity index (χ1n) is 6.71. The highest BCUT2D eigenvalue weighted by Gasteiger charge is 2.10. The molecule has 0 saturated carbocycles. The lowest BCUT2D eigenvalue weighted by atomic mass is 10.0. The molecule has 0 fully saturated rings. The van der Waals surface area contributed by atoms with E-state index in [1.165, 1.54) is 16.3 Å². The van der Waals surface area contributed by atoms with Crippen LogP contribution in [-0.2, 0) is 0 Å². The number of nitrogens with two attached hydrogens (primary N) is 1. The summed E-state index contributed by atoms with van der Waals surface area (Å²) in [5.74, 6) is 0. The number of fused-ring (bicyclic) bond motifs is 1. The molecule has 2 N–H and O–H groups in total. The van der Waals surface area contributed by atoms with Gasteiger partial charge in [0.2, 0.25) is 0 Å². The van der Waals surface area contributed by atoms with Crippen LogP contribution in [0.1, 0.15) is 25.5 Å². The minimum Gasteiger partial charge on any atom is -0.323 e. The van der Waals surface area contributed by atoms with Crippen molar-refractivity contribution in [3.05, 3.63) is 48.0 Å². The maximum Gasteiger partial charge on any atom is 0.0424 e. The summed E-state index contributed by atoms with van der Waals surface area (Å²) >= 11 is 0. The molecule has 0 aliphatic carbocycles. The minimum atomic E-state index is 0.0921. The van der Waals surface area contributed by atoms with Crippen LogP contribution in [0.2, 0.25) is 0 Å². The summed E-state index contributed by atoms with van der Waals surface area (Å²) in [7, 11) is 0. The molecule has 0 radical (unpaired) electrons. The molecule has 2 rings (SSSR count). The van der Waals surface area contributed by atoms with Gasteiger partial charge in [0.15, 0.2) is 0 Å². The van der Waals surface area contributed by atoms with Crippen molar-refractivity contribution in [3.63, 3.8) is 0 Å². The molecule has 2 aromatic carbocycles. The van der Waals surface area contributed by atoms with Crippen molar-refractivity contribution in [1.29, 1.82) is 0 Å². The molecule has 2 nitrogen and oxygen atoms in total. The first kappa shape index (κ1) is 13.1. The second kappa shape index (κ2) is 5.98. The molecular weight excluding hydrogens is 220 g/mol. The van der Waals surface area contributed by atoms with E-state index in [0.29, 0.717) is 0 Å². The van der Waals surface area contributed by atoms with E-state index < -0.39 is 0 Å². The maximum absolute atomic E-state index is 6.30. The largest absolute Gasteiger partial charge is 0.323 e. The number of nitrogens with zero attached hydrogens (tertiary/aromatic N) is 1. The zero-order chi connectivity index (χ0) is 13.0. The quantitative estimate of drug-likeness (QED) is 0.872. The van der Waals surface area contributed by atoms with Crippen LogP contribution in [0.15, 0.2) is 42.5 Å². The minimum absolute atomic E-state index is 0.0921. The lowest BCUT2D eigenvalue weighted by Crippen LogP contribution is -2.31. The highest BCUT2D eigenvalue weighted by Crippen LogP contribution is 2.19. The van der Waals surface area contributed by atoms with Crippen molar-refractivity contribution in [1.82, 2.24) is 4.90 Å². The van der Waals surface area contributed by atoms with Crippen molar-refractivity contribution < 1.29 is 0 Å². The van der Waals surface area contributed by atoms with Gasteiger partial charge in [0.25, 0.3) is 0 Å². The average molecular weight is 242 g/mol. The van der Waals surface area contributed by atoms with E-state index in [2.05, 4.69) is 61.2 Å². The van der Waals surface area contributed by atoms with Crippen LogP contribution >= 0.6 is 0 Å². The Morgan fingerprint density at radius 3 is 2.33 bits per heavy atom. The van der Waals surface area contributed by atoms with E-state index in [0.717, 1.165) is 19.6 Å². The molecule has 0 aliphatic rings. The van der Waals surface area contributed by atoms with Gasteiger partial charge < -0.3 is 10.6 Å². The zero-order valence-corrected chi connectivity index (χ0v) is 11.3. The topological polar surface area (TPSA) is 29.3 Å². The molecule has 0 aromatic heterocycles. The molecule has 0 amide bonds. The summed E-state index contributed by atoms with van der Waals surface area (Å²) < 4.78 is 0. The summed E-state index contributed by atoms with van der Waals surface area (Å²) in [5, 5.41) is 2.54. The fraction of sp³-hybridized carbons (Fsp3) is 0.375. The third-order valence-electron chi connectivity index (χ3n) is 3.55. The van der Waals surface area contributed by atoms with Gasteiger partial charge in [-0.3, -0.25) is 0 Å². The molecule has 1 unspecified atom stereocenters. The molecule has 2 heteroatoms. The van der Waals surface area contributed by atoms with Gasteiger partial charge in [-0.15, -0.1) is 0 Å². The number of benzene rings is 2. The van der Waals surface area contributed by atoms with Crippen molar-refractivity contribution in [2.24, 2.45) is 5.73 Å². The van der Waals surface area contributed by atoms with Crippen LogP contribution in [0, 0.1) is 0 Å². The maximum atomic E-state index is 6.30. The second-order valence-electron chi connectivity index (χ2n) is 4.70. The van der Waals surface area contributed by atoms with E-state index in [1.54, 1.807) is 0 Å². The first-order valence-corrected chi connectivity index (χ1v) is 6.71. The fourth-order valence-corrected chi connectivity index (χ4v) is 2.30. The summed E-state index contributed by atoms with van der Waals surface area (Å²) in [6.07, 6.45) is 0. The summed E-state index contributed by atoms with van der Waals surface area (Å²) in [6, 6.07) is 15.0. The Kier molecular flexibility index (Phi) is 4.34. The fourth-order valence-electron chi connectivity index (χ4n) is 2.30. The van der Waals surface area contributed by atoms with Gasteiger partial charge >= 0.3 is 0 Å². The van der Waals surface area contributed by atoms with Crippen molar-refractivity contribution >= 4 is 10.8 Å². The van der Waals surface area contributed by atoms with Crippen LogP contribution in [-0.4, -0.2) is 24.5 Å². The van der Waals surface area contributed by atoms with Crippen molar-refractivity contribution in [2.75, 3.05) is 19.6 Å². The lowest BCUT2D eigenvalue weighted by Gasteiger charge is -2.23. The number of likely N-dealkylation sites (N-methyl/N-ethyl adjacent to an activating group) is 1. The molecule has 2 aromatic rings. The predicted octanol–water partition coefficient (Wildman–Crippen LogP) is 3.18. The Morgan fingerprint density at radius 1 is 1.00 bits per heavy atom. The molecule has 0 heterocycles. The Bertz CT molecular complexity index is 503. The van der Waals surface area contributed by atoms with Crippen LogP contribution < -0.4 is 5.73 Å². The van der Waals surface area contributed by atoms with Crippen LogP contribution in [0.4, 0.5) is 0 Å². The van der Waals surface area contributed by atoms with Crippen LogP contribution in [0.5, 0.6) is 0 Å². The molecule has 0 saturated heterocycles. The normalized spacial score (nSPS) is 13.1. The monoisotopic (exact) mass is 242 g/mol. The van der Waals surface area contributed by atoms with Crippen molar-refractivity contribution in [3.8, 4) is 0 Å². The molecule has 96 valence electrons. The van der Waals surface area contributed by atoms with Gasteiger partial charge in [-0.05, 0) is 35.5 Å². The van der Waals surface area contributed by atoms with Gasteiger partial charge in [0.1, 0.15) is 0 Å². The standard InChI is InChI=1S/C16H22N2/c1-3-18(4-2)12-16(17)15-10-9-13-7-5-6-8-14(13)11-15/h5-11,16H,3-4,12,17H2,1-2H3. The SMILES string of the molecule is CCN(CC)CC(N)c1ccc2ccccc2c1. The van der Waals surface area contributed by atoms with Crippen LogP contribution in [0.25, 0.3) is 10.8 Å². The molecule has 1 atom stereocenters. The third kappa shape index (κ3) is 2.89. The molecular formula is C16H22N2. The Labute approximate surface area is 109 Å². The Balaban J connectivity index is 2.19. The number of hydrogen-bond donors (Lipinski definition) is 1. The van der Waals surface area contributed by atoms with E-state index in [9.17, 15) is 0 Å². The van der Waals surface area contributed by atoms with E-state index in [1.807, 2.05) is 0 Å². The predicted molar refractivity (Wildman–Crippen MR) is 78.7 cm³/mol. The highest BCUT2D eigenvalue weighted by atomic mass is 15.1. The van der Waals surface area contributed by atoms with E-state index >= 15 is 0 Å². The summed E-state index contributed by atoms with van der Waals surface area (Å²) in [5.41, 5.74) is 7.52. The first-order chi connectivity index (χ1) is 8.74. The molecule has 0 aliphatic heterocycles. The third-order valence-corrected chi connectivity index (χ3v) is 3.55. The van der Waals surface area contributed by atoms with Gasteiger partial charge in [-0.2, -0.15) is 0 Å². The number of hydrogen-bond acceptors (Lipinski definition) is 2. The van der Waals surface area contributed by atoms with Gasteiger partial charge in [0.05, 0.1) is 0 Å². The summed E-state index contributed by atoms with van der Waals surface area (Å²) in [6.45, 7) is 7.38. The second-order valence-corrected chi connectivity index (χ2v) is 4.70. The van der Waals surface area contributed by atoms with Crippen LogP contribution in [0.3, 0.4) is 0 Å². The number of rotatable bonds is 5. The summed E-state index contributed by atoms with van der Waals surface area (Å²) in [4.78, 5) is 2.36. The Hall–Kier alpha value is -1.38. The molecule has 0 bridgehead atoms. The zero-order valence-electron chi connectivity index (χ0n) is 11.3. The Morgan fingerprint density at radius 2 is 1.67 bits per heavy atom. The molecule has 0 spiro atoms. The van der Waals surface area contributed by atoms with Gasteiger partial charge in [-0.25, -0.2) is 0 Å². The lowest BCUT2D eigenvalue weighted by molar-refractivity contribution is 0.285. The average Bonchev–Trinajstić information content (AvgIpc) is 2.44. The van der Waals surface area contributed by atoms with Crippen molar-refractivity contribution in [2.45, 2.75) is 19.9 Å². The van der Waals surface area contributed by atoms with E-state index in [4.69, 9.17) is 5.73 Å². The molecule has 18 heavy (non-hydrogen) atoms. The van der Waals surface area contributed by atoms with Gasteiger partial charge in [0, 0.05) is 12.6 Å².